The van der Waals surface area contributed by atoms with Crippen LogP contribution in [0, 0.1) is 0 Å². The number of aromatic amines is 2. The summed E-state index contributed by atoms with van der Waals surface area (Å²) in [5, 5.41) is 0. The average molecular weight is 713 g/mol. The fraction of sp³-hybridized carbons (Fsp3) is 0.120. The van der Waals surface area contributed by atoms with Crippen LogP contribution in [0.4, 0.5) is 5.69 Å². The minimum absolute atomic E-state index is 0.122. The summed E-state index contributed by atoms with van der Waals surface area (Å²) in [5.74, 6) is 0.673. The van der Waals surface area contributed by atoms with Crippen LogP contribution in [0.15, 0.2) is 157 Å². The van der Waals surface area contributed by atoms with Gasteiger partial charge in [-0.05, 0) is 90.4 Å². The first-order chi connectivity index (χ1) is 27.3. The number of nitrogens with one attached hydrogen (secondary N) is 2. The molecule has 0 spiro atoms. The zero-order valence-electron chi connectivity index (χ0n) is 30.5. The van der Waals surface area contributed by atoms with Crippen molar-refractivity contribution in [1.82, 2.24) is 15.0 Å². The Labute approximate surface area is 320 Å². The summed E-state index contributed by atoms with van der Waals surface area (Å²) in [6.45, 7) is 0. The number of benzene rings is 4. The quantitative estimate of drug-likeness (QED) is 0.187. The molecule has 0 amide bonds. The molecule has 55 heavy (non-hydrogen) atoms. The van der Waals surface area contributed by atoms with Crippen molar-refractivity contribution in [3.63, 3.8) is 0 Å². The molecule has 0 unspecified atom stereocenters. The van der Waals surface area contributed by atoms with E-state index in [9.17, 15) is 0 Å². The number of aromatic nitrogens is 3. The molecule has 0 radical (unpaired) electrons. The number of hydrogen-bond donors (Lipinski definition) is 2. The van der Waals surface area contributed by atoms with Crippen LogP contribution >= 0.6 is 0 Å². The van der Waals surface area contributed by atoms with Crippen LogP contribution in [0.1, 0.15) is 49.1 Å². The molecular weight excluding hydrogens is 673 g/mol. The van der Waals surface area contributed by atoms with E-state index in [0.717, 1.165) is 102 Å². The van der Waals surface area contributed by atoms with Gasteiger partial charge in [0.15, 0.2) is 0 Å². The van der Waals surface area contributed by atoms with Gasteiger partial charge < -0.3 is 14.7 Å². The Bertz CT molecular complexity index is 2740. The Balaban J connectivity index is 1.38. The van der Waals surface area contributed by atoms with Crippen molar-refractivity contribution in [2.45, 2.75) is 38.2 Å². The predicted molar refractivity (Wildman–Crippen MR) is 228 cm³/mol. The molecule has 1 fully saturated rings. The summed E-state index contributed by atoms with van der Waals surface area (Å²) in [5.41, 5.74) is 16.0. The van der Waals surface area contributed by atoms with Gasteiger partial charge in [0, 0.05) is 49.9 Å². The monoisotopic (exact) mass is 712 g/mol. The Morgan fingerprint density at radius 3 is 1.36 bits per heavy atom. The fourth-order valence-corrected chi connectivity index (χ4v) is 8.35. The molecule has 2 N–H and O–H groups in total. The molecule has 2 aliphatic heterocycles. The van der Waals surface area contributed by atoms with Gasteiger partial charge in [-0.2, -0.15) is 0 Å². The zero-order chi connectivity index (χ0) is 36.6. The summed E-state index contributed by atoms with van der Waals surface area (Å²) < 4.78 is 7.00. The van der Waals surface area contributed by atoms with Crippen LogP contribution in [-0.4, -0.2) is 27.0 Å². The summed E-state index contributed by atoms with van der Waals surface area (Å²) in [6, 6.07) is 53.3. The lowest BCUT2D eigenvalue weighted by molar-refractivity contribution is 0.144. The second-order valence-electron chi connectivity index (χ2n) is 14.5. The third-order valence-electron chi connectivity index (χ3n) is 10.9. The minimum Gasteiger partial charge on any atom is -0.474 e. The van der Waals surface area contributed by atoms with Crippen molar-refractivity contribution < 1.29 is 4.74 Å². The lowest BCUT2D eigenvalue weighted by Crippen LogP contribution is -2.21. The highest BCUT2D eigenvalue weighted by atomic mass is 16.5. The van der Waals surface area contributed by atoms with E-state index in [1.807, 2.05) is 0 Å². The molecule has 1 aliphatic carbocycles. The predicted octanol–water partition coefficient (Wildman–Crippen LogP) is 13.2. The Morgan fingerprint density at radius 1 is 0.455 bits per heavy atom. The number of fused-ring (bicyclic) bond motifs is 8. The number of rotatable bonds is 5. The van der Waals surface area contributed by atoms with Crippen molar-refractivity contribution in [2.75, 3.05) is 0 Å². The Kier molecular flexibility index (Phi) is 8.53. The molecule has 5 nitrogen and oxygen atoms in total. The van der Waals surface area contributed by atoms with E-state index in [4.69, 9.17) is 14.7 Å². The maximum Gasteiger partial charge on any atom is 0.222 e. The number of aliphatic imine (C=N–C) groups is 1. The topological polar surface area (TPSA) is 66.1 Å². The van der Waals surface area contributed by atoms with Gasteiger partial charge in [0.2, 0.25) is 5.90 Å². The van der Waals surface area contributed by atoms with Crippen LogP contribution < -0.4 is 0 Å². The molecule has 0 atom stereocenters. The molecule has 8 bridgehead atoms. The summed E-state index contributed by atoms with van der Waals surface area (Å²) in [7, 11) is 0. The van der Waals surface area contributed by atoms with Gasteiger partial charge in [-0.25, -0.2) is 9.98 Å². The van der Waals surface area contributed by atoms with Crippen molar-refractivity contribution >= 4 is 45.8 Å². The van der Waals surface area contributed by atoms with Gasteiger partial charge in [-0.1, -0.05) is 128 Å². The smallest absolute Gasteiger partial charge is 0.222 e. The third-order valence-corrected chi connectivity index (χ3v) is 10.9. The molecular formula is C50H40N4O. The van der Waals surface area contributed by atoms with Crippen LogP contribution in [0.3, 0.4) is 0 Å². The number of nitrogens with zero attached hydrogens (tertiary/aromatic N) is 2. The van der Waals surface area contributed by atoms with Gasteiger partial charge >= 0.3 is 0 Å². The zero-order valence-corrected chi connectivity index (χ0v) is 30.5. The van der Waals surface area contributed by atoms with Crippen LogP contribution in [0.25, 0.3) is 78.7 Å². The van der Waals surface area contributed by atoms with Gasteiger partial charge in [-0.3, -0.25) is 0 Å². The number of hydrogen-bond acceptors (Lipinski definition) is 3. The SMILES string of the molecule is C1=Cc2nc1c(-c1ccccc1)c1ccc([nH]1)c(-c1ccccc1)c1cc(c(-c3ccccc3)c3ccc([nH]3)c2-c2ccccc2)C(OC2CCCCC2)=N1. The molecule has 3 aliphatic rings. The maximum absolute atomic E-state index is 7.00. The first kappa shape index (κ1) is 32.9. The lowest BCUT2D eigenvalue weighted by atomic mass is 9.97. The van der Waals surface area contributed by atoms with Crippen LogP contribution in [0.5, 0.6) is 0 Å². The standard InChI is InChI=1S/C50H40N4O/c1-6-16-33(17-7-1)46-38-32-45(54-50(38)55-37-24-14-5-15-25-37)49(36-22-12-4-13-23-36)44-31-30-43(53-44)48(35-20-10-3-11-21-35)42-29-28-41(52-42)47(34-18-8-2-9-19-34)40-27-26-39(46)51-40/h1-4,6-13,16-23,26-32,37,51,53H,5,14-15,24-25H2. The average Bonchev–Trinajstić information content (AvgIpc) is 4.08. The molecule has 10 rings (SSSR count). The van der Waals surface area contributed by atoms with Crippen molar-refractivity contribution in [1.29, 1.82) is 0 Å². The fourth-order valence-electron chi connectivity index (χ4n) is 8.35. The maximum atomic E-state index is 7.00. The Morgan fingerprint density at radius 2 is 0.873 bits per heavy atom. The first-order valence-corrected chi connectivity index (χ1v) is 19.4. The molecule has 0 saturated heterocycles. The van der Waals surface area contributed by atoms with E-state index in [-0.39, 0.29) is 6.10 Å². The normalized spacial score (nSPS) is 14.1. The van der Waals surface area contributed by atoms with Crippen LogP contribution in [-0.2, 0) is 4.74 Å². The highest BCUT2D eigenvalue weighted by Crippen LogP contribution is 2.42. The van der Waals surface area contributed by atoms with E-state index in [1.165, 1.54) is 19.3 Å². The molecule has 4 aromatic carbocycles. The summed E-state index contributed by atoms with van der Waals surface area (Å²) >= 11 is 0. The van der Waals surface area contributed by atoms with Crippen molar-refractivity contribution in [3.05, 3.63) is 169 Å². The minimum atomic E-state index is 0.122. The highest BCUT2D eigenvalue weighted by Gasteiger charge is 2.26. The second-order valence-corrected chi connectivity index (χ2v) is 14.5. The summed E-state index contributed by atoms with van der Waals surface area (Å²) in [6.07, 6.45) is 10.1. The molecule has 5 heterocycles. The van der Waals surface area contributed by atoms with Crippen molar-refractivity contribution in [2.24, 2.45) is 4.99 Å². The van der Waals surface area contributed by atoms with E-state index < -0.39 is 0 Å². The van der Waals surface area contributed by atoms with Gasteiger partial charge in [0.05, 0.1) is 17.1 Å². The molecule has 5 heteroatoms. The molecule has 7 aromatic rings. The third kappa shape index (κ3) is 6.28. The van der Waals surface area contributed by atoms with Crippen molar-refractivity contribution in [3.8, 4) is 44.5 Å². The van der Waals surface area contributed by atoms with E-state index >= 15 is 0 Å². The molecule has 3 aromatic heterocycles. The highest BCUT2D eigenvalue weighted by molar-refractivity contribution is 6.11. The second kappa shape index (κ2) is 14.3. The van der Waals surface area contributed by atoms with E-state index in [2.05, 4.69) is 174 Å². The molecule has 1 saturated carbocycles. The largest absolute Gasteiger partial charge is 0.474 e. The summed E-state index contributed by atoms with van der Waals surface area (Å²) in [4.78, 5) is 18.6. The lowest BCUT2D eigenvalue weighted by Gasteiger charge is -2.23. The van der Waals surface area contributed by atoms with Gasteiger partial charge in [0.1, 0.15) is 6.10 Å². The van der Waals surface area contributed by atoms with Crippen LogP contribution in [0.2, 0.25) is 0 Å². The van der Waals surface area contributed by atoms with Gasteiger partial charge in [-0.15, -0.1) is 0 Å². The first-order valence-electron chi connectivity index (χ1n) is 19.4. The number of ether oxygens (including phenoxy) is 1. The van der Waals surface area contributed by atoms with E-state index in [0.29, 0.717) is 5.90 Å². The van der Waals surface area contributed by atoms with Gasteiger partial charge in [0.25, 0.3) is 0 Å². The molecule has 266 valence electrons. The van der Waals surface area contributed by atoms with E-state index in [1.54, 1.807) is 0 Å². The number of H-pyrrole nitrogens is 2. The Hall–Kier alpha value is -6.72.